The number of hydrogen-bond acceptors (Lipinski definition) is 3. The van der Waals surface area contributed by atoms with Crippen molar-refractivity contribution < 1.29 is 0 Å². The molecule has 0 saturated carbocycles. The number of nitrogens with zero attached hydrogens (tertiary/aromatic N) is 1. The van der Waals surface area contributed by atoms with E-state index in [1.54, 1.807) is 11.3 Å². The minimum absolute atomic E-state index is 0.201. The monoisotopic (exact) mass is 234 g/mol. The normalized spacial score (nSPS) is 12.2. The Labute approximate surface area is 101 Å². The summed E-state index contributed by atoms with van der Waals surface area (Å²) >= 11 is 1.76. The summed E-state index contributed by atoms with van der Waals surface area (Å²) in [5, 5.41) is 1.14. The molecular formula is C13H18N2S. The molecule has 0 aliphatic carbocycles. The predicted molar refractivity (Wildman–Crippen MR) is 71.1 cm³/mol. The first-order chi connectivity index (χ1) is 7.50. The molecule has 0 atom stereocenters. The van der Waals surface area contributed by atoms with E-state index in [-0.39, 0.29) is 5.41 Å². The molecule has 2 aromatic rings. The van der Waals surface area contributed by atoms with E-state index in [4.69, 9.17) is 5.73 Å². The van der Waals surface area contributed by atoms with Gasteiger partial charge in [0.2, 0.25) is 0 Å². The first-order valence-electron chi connectivity index (χ1n) is 5.61. The average molecular weight is 234 g/mol. The Bertz CT molecular complexity index is 494. The van der Waals surface area contributed by atoms with E-state index in [2.05, 4.69) is 44.0 Å². The van der Waals surface area contributed by atoms with Gasteiger partial charge < -0.3 is 5.73 Å². The van der Waals surface area contributed by atoms with Crippen molar-refractivity contribution in [1.82, 2.24) is 4.98 Å². The van der Waals surface area contributed by atoms with Crippen LogP contribution >= 0.6 is 11.3 Å². The summed E-state index contributed by atoms with van der Waals surface area (Å²) in [5.41, 5.74) is 8.21. The van der Waals surface area contributed by atoms with E-state index in [0.717, 1.165) is 16.9 Å². The van der Waals surface area contributed by atoms with Gasteiger partial charge in [0, 0.05) is 6.42 Å². The van der Waals surface area contributed by atoms with Gasteiger partial charge in [-0.25, -0.2) is 4.98 Å². The zero-order valence-corrected chi connectivity index (χ0v) is 10.9. The number of hydrogen-bond donors (Lipinski definition) is 1. The van der Waals surface area contributed by atoms with E-state index in [1.807, 2.05) is 0 Å². The maximum Gasteiger partial charge on any atom is 0.0951 e. The number of rotatable bonds is 2. The third-order valence-corrected chi connectivity index (χ3v) is 3.73. The van der Waals surface area contributed by atoms with E-state index >= 15 is 0 Å². The predicted octanol–water partition coefficient (Wildman–Crippen LogP) is 3.10. The molecule has 0 radical (unpaired) electrons. The molecule has 0 unspecified atom stereocenters. The molecule has 1 aromatic heterocycles. The number of fused-ring (bicyclic) bond motifs is 1. The van der Waals surface area contributed by atoms with Crippen LogP contribution in [0.5, 0.6) is 0 Å². The smallest absolute Gasteiger partial charge is 0.0951 e. The molecule has 0 spiro atoms. The molecule has 0 fully saturated rings. The fourth-order valence-electron chi connectivity index (χ4n) is 1.67. The van der Waals surface area contributed by atoms with E-state index in [9.17, 15) is 0 Å². The molecule has 0 aliphatic rings. The van der Waals surface area contributed by atoms with Crippen molar-refractivity contribution in [2.75, 3.05) is 6.54 Å². The van der Waals surface area contributed by atoms with Gasteiger partial charge in [0.1, 0.15) is 0 Å². The lowest BCUT2D eigenvalue weighted by Gasteiger charge is -2.18. The van der Waals surface area contributed by atoms with Crippen LogP contribution in [0.4, 0.5) is 0 Å². The van der Waals surface area contributed by atoms with Gasteiger partial charge >= 0.3 is 0 Å². The molecule has 1 heterocycles. The summed E-state index contributed by atoms with van der Waals surface area (Å²) in [6, 6.07) is 6.55. The molecule has 0 amide bonds. The van der Waals surface area contributed by atoms with Crippen LogP contribution in [-0.4, -0.2) is 11.5 Å². The van der Waals surface area contributed by atoms with Crippen LogP contribution in [-0.2, 0) is 11.8 Å². The Morgan fingerprint density at radius 3 is 2.69 bits per heavy atom. The van der Waals surface area contributed by atoms with Crippen LogP contribution in [0.25, 0.3) is 10.2 Å². The SMILES string of the molecule is CC(C)(C)c1ccc2nc(CCN)sc2c1. The fraction of sp³-hybridized carbons (Fsp3) is 0.462. The van der Waals surface area contributed by atoms with E-state index in [1.165, 1.54) is 10.3 Å². The van der Waals surface area contributed by atoms with Crippen LogP contribution in [0.1, 0.15) is 31.3 Å². The Balaban J connectivity index is 2.46. The molecule has 1 aromatic carbocycles. The largest absolute Gasteiger partial charge is 0.330 e. The number of nitrogens with two attached hydrogens (primary N) is 1. The van der Waals surface area contributed by atoms with Gasteiger partial charge in [-0.3, -0.25) is 0 Å². The van der Waals surface area contributed by atoms with Crippen molar-refractivity contribution >= 4 is 21.6 Å². The average Bonchev–Trinajstić information content (AvgIpc) is 2.57. The van der Waals surface area contributed by atoms with Gasteiger partial charge in [-0.1, -0.05) is 26.8 Å². The maximum absolute atomic E-state index is 5.55. The highest BCUT2D eigenvalue weighted by Gasteiger charge is 2.14. The van der Waals surface area contributed by atoms with Gasteiger partial charge in [0.05, 0.1) is 15.2 Å². The molecule has 0 aliphatic heterocycles. The van der Waals surface area contributed by atoms with Crippen LogP contribution in [0, 0.1) is 0 Å². The molecule has 2 nitrogen and oxygen atoms in total. The zero-order valence-electron chi connectivity index (χ0n) is 10.1. The molecule has 3 heteroatoms. The highest BCUT2D eigenvalue weighted by molar-refractivity contribution is 7.18. The Morgan fingerprint density at radius 1 is 1.31 bits per heavy atom. The van der Waals surface area contributed by atoms with E-state index in [0.29, 0.717) is 6.54 Å². The first-order valence-corrected chi connectivity index (χ1v) is 6.42. The second kappa shape index (κ2) is 4.15. The lowest BCUT2D eigenvalue weighted by atomic mass is 9.87. The van der Waals surface area contributed by atoms with Crippen molar-refractivity contribution in [2.45, 2.75) is 32.6 Å². The third kappa shape index (κ3) is 2.25. The van der Waals surface area contributed by atoms with Crippen molar-refractivity contribution in [3.8, 4) is 0 Å². The summed E-state index contributed by atoms with van der Waals surface area (Å²) < 4.78 is 1.27. The van der Waals surface area contributed by atoms with Crippen molar-refractivity contribution in [2.24, 2.45) is 5.73 Å². The highest BCUT2D eigenvalue weighted by atomic mass is 32.1. The molecule has 2 rings (SSSR count). The third-order valence-electron chi connectivity index (χ3n) is 2.66. The summed E-state index contributed by atoms with van der Waals surface area (Å²) in [6.07, 6.45) is 0.879. The van der Waals surface area contributed by atoms with Gasteiger partial charge in [-0.15, -0.1) is 11.3 Å². The minimum Gasteiger partial charge on any atom is -0.330 e. The second-order valence-electron chi connectivity index (χ2n) is 5.08. The number of benzene rings is 1. The Hall–Kier alpha value is -0.930. The van der Waals surface area contributed by atoms with Crippen LogP contribution in [0.15, 0.2) is 18.2 Å². The highest BCUT2D eigenvalue weighted by Crippen LogP contribution is 2.29. The summed E-state index contributed by atoms with van der Waals surface area (Å²) in [4.78, 5) is 4.56. The van der Waals surface area contributed by atoms with Crippen LogP contribution in [0.3, 0.4) is 0 Å². The van der Waals surface area contributed by atoms with Gasteiger partial charge in [-0.2, -0.15) is 0 Å². The van der Waals surface area contributed by atoms with Gasteiger partial charge in [0.25, 0.3) is 0 Å². The van der Waals surface area contributed by atoms with Crippen LogP contribution in [0.2, 0.25) is 0 Å². The molecular weight excluding hydrogens is 216 g/mol. The first kappa shape index (κ1) is 11.6. The standard InChI is InChI=1S/C13H18N2S/c1-13(2,3)9-4-5-10-11(8-9)16-12(15-10)6-7-14/h4-5,8H,6-7,14H2,1-3H3. The van der Waals surface area contributed by atoms with Crippen LogP contribution < -0.4 is 5.73 Å². The topological polar surface area (TPSA) is 38.9 Å². The Morgan fingerprint density at radius 2 is 2.06 bits per heavy atom. The summed E-state index contributed by atoms with van der Waals surface area (Å²) in [7, 11) is 0. The number of aromatic nitrogens is 1. The number of thiazole rings is 1. The Kier molecular flexibility index (Phi) is 3.00. The fourth-order valence-corrected chi connectivity index (χ4v) is 2.69. The lowest BCUT2D eigenvalue weighted by molar-refractivity contribution is 0.591. The molecule has 0 saturated heterocycles. The summed E-state index contributed by atoms with van der Waals surface area (Å²) in [5.74, 6) is 0. The quantitative estimate of drug-likeness (QED) is 0.867. The zero-order chi connectivity index (χ0) is 11.8. The van der Waals surface area contributed by atoms with Crippen molar-refractivity contribution in [3.05, 3.63) is 28.8 Å². The van der Waals surface area contributed by atoms with Crippen molar-refractivity contribution in [3.63, 3.8) is 0 Å². The molecule has 2 N–H and O–H groups in total. The van der Waals surface area contributed by atoms with E-state index < -0.39 is 0 Å². The molecule has 16 heavy (non-hydrogen) atoms. The minimum atomic E-state index is 0.201. The molecule has 0 bridgehead atoms. The van der Waals surface area contributed by atoms with Crippen molar-refractivity contribution in [1.29, 1.82) is 0 Å². The maximum atomic E-state index is 5.55. The second-order valence-corrected chi connectivity index (χ2v) is 6.19. The molecule has 86 valence electrons. The lowest BCUT2D eigenvalue weighted by Crippen LogP contribution is -2.10. The van der Waals surface area contributed by atoms with Gasteiger partial charge in [0.15, 0.2) is 0 Å². The summed E-state index contributed by atoms with van der Waals surface area (Å²) in [6.45, 7) is 7.37. The van der Waals surface area contributed by atoms with Gasteiger partial charge in [-0.05, 0) is 29.7 Å².